The van der Waals surface area contributed by atoms with Gasteiger partial charge in [0.05, 0.1) is 0 Å². The quantitative estimate of drug-likeness (QED) is 0.539. The molecule has 0 bridgehead atoms. The molecular weight excluding hydrogens is 454 g/mol. The molecule has 2 aliphatic heterocycles. The first-order valence-electron chi connectivity index (χ1n) is 12.3. The minimum atomic E-state index is -0.528. The molecule has 0 aliphatic carbocycles. The number of benzene rings is 2. The highest BCUT2D eigenvalue weighted by molar-refractivity contribution is 5.97. The lowest BCUT2D eigenvalue weighted by Crippen LogP contribution is -2.41. The van der Waals surface area contributed by atoms with Gasteiger partial charge in [-0.2, -0.15) is 0 Å². The van der Waals surface area contributed by atoms with E-state index in [1.807, 2.05) is 59.5 Å². The van der Waals surface area contributed by atoms with E-state index >= 15 is 0 Å². The number of likely N-dealkylation sites (tertiary alicyclic amines) is 1. The number of primary amides is 1. The van der Waals surface area contributed by atoms with Crippen LogP contribution in [0.15, 0.2) is 54.6 Å². The number of rotatable bonds is 5. The molecule has 36 heavy (non-hydrogen) atoms. The fourth-order valence-electron chi connectivity index (χ4n) is 5.18. The van der Waals surface area contributed by atoms with Gasteiger partial charge in [-0.3, -0.25) is 9.59 Å². The summed E-state index contributed by atoms with van der Waals surface area (Å²) in [6.07, 6.45) is 2.66. The molecule has 8 heteroatoms. The Labute approximate surface area is 210 Å². The predicted molar refractivity (Wildman–Crippen MR) is 137 cm³/mol. The van der Waals surface area contributed by atoms with Gasteiger partial charge in [0.2, 0.25) is 0 Å². The Hall–Kier alpha value is -4.25. The van der Waals surface area contributed by atoms with E-state index in [1.165, 1.54) is 0 Å². The van der Waals surface area contributed by atoms with Crippen molar-refractivity contribution in [2.24, 2.45) is 11.7 Å². The van der Waals surface area contributed by atoms with Crippen LogP contribution in [0.3, 0.4) is 0 Å². The van der Waals surface area contributed by atoms with Crippen LogP contribution >= 0.6 is 0 Å². The summed E-state index contributed by atoms with van der Waals surface area (Å²) in [6, 6.07) is 17.1. The van der Waals surface area contributed by atoms with Crippen molar-refractivity contribution in [3.05, 3.63) is 66.1 Å². The highest BCUT2D eigenvalue weighted by Gasteiger charge is 2.36. The van der Waals surface area contributed by atoms with E-state index in [0.29, 0.717) is 36.1 Å². The zero-order valence-corrected chi connectivity index (χ0v) is 20.2. The first-order chi connectivity index (χ1) is 17.5. The molecular formula is C28H29N5O3. The van der Waals surface area contributed by atoms with Crippen molar-refractivity contribution in [3.8, 4) is 34.6 Å². The molecule has 0 spiro atoms. The highest BCUT2D eigenvalue weighted by Crippen LogP contribution is 2.39. The number of nitrogens with one attached hydrogen (secondary N) is 1. The maximum absolute atomic E-state index is 12.5. The Morgan fingerprint density at radius 2 is 1.72 bits per heavy atom. The minimum absolute atomic E-state index is 0.110. The molecule has 2 amide bonds. The van der Waals surface area contributed by atoms with Gasteiger partial charge < -0.3 is 20.8 Å². The van der Waals surface area contributed by atoms with Crippen LogP contribution in [0.25, 0.3) is 11.3 Å². The van der Waals surface area contributed by atoms with Gasteiger partial charge in [0.25, 0.3) is 11.8 Å². The number of carbonyl (C=O) groups is 2. The number of ether oxygens (including phenoxy) is 1. The number of nitrogens with two attached hydrogens (primary N) is 1. The number of fused-ring (bicyclic) bond motifs is 1. The lowest BCUT2D eigenvalue weighted by Gasteiger charge is -2.37. The zero-order chi connectivity index (χ0) is 25.1. The SMILES string of the molecule is CC#CC(=O)N1CCC(C2CCNn3c2nc(-c2ccc(Oc4ccccc4)cc2)c3C(N)=O)CC1. The lowest BCUT2D eigenvalue weighted by atomic mass is 9.81. The van der Waals surface area contributed by atoms with Crippen LogP contribution in [0.5, 0.6) is 11.5 Å². The van der Waals surface area contributed by atoms with Crippen molar-refractivity contribution >= 4 is 11.8 Å². The number of nitrogens with zero attached hydrogens (tertiary/aromatic N) is 3. The van der Waals surface area contributed by atoms with Gasteiger partial charge in [-0.05, 0) is 74.4 Å². The van der Waals surface area contributed by atoms with Gasteiger partial charge in [-0.25, -0.2) is 9.66 Å². The molecule has 5 rings (SSSR count). The fourth-order valence-corrected chi connectivity index (χ4v) is 5.18. The predicted octanol–water partition coefficient (Wildman–Crippen LogP) is 3.73. The fraction of sp³-hybridized carbons (Fsp3) is 0.321. The van der Waals surface area contributed by atoms with Gasteiger partial charge in [-0.1, -0.05) is 24.1 Å². The van der Waals surface area contributed by atoms with Gasteiger partial charge in [0.15, 0.2) is 5.69 Å². The van der Waals surface area contributed by atoms with E-state index < -0.39 is 5.91 Å². The van der Waals surface area contributed by atoms with E-state index in [0.717, 1.165) is 42.9 Å². The summed E-state index contributed by atoms with van der Waals surface area (Å²) in [7, 11) is 0. The maximum Gasteiger partial charge on any atom is 0.298 e. The molecule has 1 fully saturated rings. The first kappa shape index (κ1) is 23.5. The van der Waals surface area contributed by atoms with Crippen LogP contribution in [0.1, 0.15) is 48.4 Å². The van der Waals surface area contributed by atoms with Crippen LogP contribution in [0.2, 0.25) is 0 Å². The van der Waals surface area contributed by atoms with Gasteiger partial charge >= 0.3 is 0 Å². The smallest absolute Gasteiger partial charge is 0.298 e. The molecule has 1 atom stereocenters. The number of piperidine rings is 1. The largest absolute Gasteiger partial charge is 0.457 e. The van der Waals surface area contributed by atoms with E-state index in [4.69, 9.17) is 15.5 Å². The summed E-state index contributed by atoms with van der Waals surface area (Å²) >= 11 is 0. The molecule has 1 aromatic heterocycles. The van der Waals surface area contributed by atoms with Crippen molar-refractivity contribution in [1.29, 1.82) is 0 Å². The number of carbonyl (C=O) groups excluding carboxylic acids is 2. The van der Waals surface area contributed by atoms with Gasteiger partial charge in [0, 0.05) is 31.1 Å². The third kappa shape index (κ3) is 4.65. The number of hydrogen-bond acceptors (Lipinski definition) is 5. The topological polar surface area (TPSA) is 102 Å². The summed E-state index contributed by atoms with van der Waals surface area (Å²) in [4.78, 5) is 31.5. The molecule has 0 saturated carbocycles. The molecule has 1 saturated heterocycles. The van der Waals surface area contributed by atoms with Crippen molar-refractivity contribution in [1.82, 2.24) is 14.6 Å². The van der Waals surface area contributed by atoms with Crippen molar-refractivity contribution < 1.29 is 14.3 Å². The van der Waals surface area contributed by atoms with E-state index in [9.17, 15) is 9.59 Å². The van der Waals surface area contributed by atoms with Crippen LogP contribution < -0.4 is 15.9 Å². The Morgan fingerprint density at radius 1 is 1.03 bits per heavy atom. The normalized spacial score (nSPS) is 17.4. The number of para-hydroxylation sites is 1. The third-order valence-electron chi connectivity index (χ3n) is 6.93. The molecule has 2 aromatic carbocycles. The number of hydrogen-bond donors (Lipinski definition) is 2. The highest BCUT2D eigenvalue weighted by atomic mass is 16.5. The molecule has 0 radical (unpaired) electrons. The molecule has 3 aromatic rings. The average molecular weight is 484 g/mol. The second kappa shape index (κ2) is 10.2. The summed E-state index contributed by atoms with van der Waals surface area (Å²) in [5, 5.41) is 0. The van der Waals surface area contributed by atoms with Crippen molar-refractivity contribution in [2.75, 3.05) is 25.1 Å². The van der Waals surface area contributed by atoms with Crippen LogP contribution in [-0.4, -0.2) is 46.0 Å². The van der Waals surface area contributed by atoms with Crippen LogP contribution in [0, 0.1) is 17.8 Å². The molecule has 8 nitrogen and oxygen atoms in total. The first-order valence-corrected chi connectivity index (χ1v) is 12.3. The van der Waals surface area contributed by atoms with Crippen molar-refractivity contribution in [3.63, 3.8) is 0 Å². The number of amides is 2. The molecule has 3 N–H and O–H groups in total. The summed E-state index contributed by atoms with van der Waals surface area (Å²) in [5.41, 5.74) is 10.9. The second-order valence-corrected chi connectivity index (χ2v) is 9.11. The maximum atomic E-state index is 12.5. The van der Waals surface area contributed by atoms with E-state index in [2.05, 4.69) is 17.3 Å². The molecule has 184 valence electrons. The molecule has 2 aliphatic rings. The zero-order valence-electron chi connectivity index (χ0n) is 20.2. The lowest BCUT2D eigenvalue weighted by molar-refractivity contribution is -0.126. The van der Waals surface area contributed by atoms with Crippen molar-refractivity contribution in [2.45, 2.75) is 32.1 Å². The van der Waals surface area contributed by atoms with Crippen LogP contribution in [-0.2, 0) is 4.79 Å². The Morgan fingerprint density at radius 3 is 2.39 bits per heavy atom. The standard InChI is InChI=1S/C28H29N5O3/c1-2-6-24(34)32-17-14-19(15-18-32)23-13-16-30-33-26(27(29)35)25(31-28(23)33)20-9-11-22(12-10-20)36-21-7-4-3-5-8-21/h3-5,7-12,19,23,30H,13-18H2,1H3,(H2,29,35). The minimum Gasteiger partial charge on any atom is -0.457 e. The van der Waals surface area contributed by atoms with Gasteiger partial charge in [0.1, 0.15) is 23.0 Å². The van der Waals surface area contributed by atoms with Gasteiger partial charge in [-0.15, -0.1) is 0 Å². The number of imidazole rings is 1. The molecule has 3 heterocycles. The average Bonchev–Trinajstić information content (AvgIpc) is 3.30. The van der Waals surface area contributed by atoms with E-state index in [-0.39, 0.29) is 11.8 Å². The Balaban J connectivity index is 1.40. The monoisotopic (exact) mass is 483 g/mol. The van der Waals surface area contributed by atoms with Crippen LogP contribution in [0.4, 0.5) is 0 Å². The second-order valence-electron chi connectivity index (χ2n) is 9.11. The third-order valence-corrected chi connectivity index (χ3v) is 6.93. The Bertz CT molecular complexity index is 1310. The number of aromatic nitrogens is 2. The summed E-state index contributed by atoms with van der Waals surface area (Å²) in [6.45, 7) is 3.76. The summed E-state index contributed by atoms with van der Waals surface area (Å²) < 4.78 is 7.68. The van der Waals surface area contributed by atoms with E-state index in [1.54, 1.807) is 11.6 Å². The Kier molecular flexibility index (Phi) is 6.63. The summed E-state index contributed by atoms with van der Waals surface area (Å²) in [5.74, 6) is 7.49. The molecule has 1 unspecified atom stereocenters.